The van der Waals surface area contributed by atoms with E-state index in [0.29, 0.717) is 24.9 Å². The van der Waals surface area contributed by atoms with E-state index in [1.54, 1.807) is 0 Å². The monoisotopic (exact) mass is 402 g/mol. The van der Waals surface area contributed by atoms with Gasteiger partial charge in [-0.15, -0.1) is 0 Å². The highest BCUT2D eigenvalue weighted by molar-refractivity contribution is 7.80. The van der Waals surface area contributed by atoms with Gasteiger partial charge in [0.05, 0.1) is 13.2 Å². The SMILES string of the molecule is CCOc1ccc(CCNC(=S)NCc2ccc3c(c2)OCO3)cc1OCC. The number of ether oxygens (including phenoxy) is 4. The minimum atomic E-state index is 0.280. The summed E-state index contributed by atoms with van der Waals surface area (Å²) >= 11 is 5.37. The van der Waals surface area contributed by atoms with Crippen LogP contribution in [0, 0.1) is 0 Å². The lowest BCUT2D eigenvalue weighted by Crippen LogP contribution is -2.35. The van der Waals surface area contributed by atoms with Crippen LogP contribution in [0.3, 0.4) is 0 Å². The Labute approximate surface area is 171 Å². The molecule has 0 aromatic heterocycles. The van der Waals surface area contributed by atoms with Crippen molar-refractivity contribution >= 4 is 17.3 Å². The molecule has 0 spiro atoms. The van der Waals surface area contributed by atoms with E-state index in [2.05, 4.69) is 16.7 Å². The molecule has 1 aliphatic rings. The predicted molar refractivity (Wildman–Crippen MR) is 112 cm³/mol. The van der Waals surface area contributed by atoms with Gasteiger partial charge in [-0.2, -0.15) is 0 Å². The maximum Gasteiger partial charge on any atom is 0.231 e. The molecule has 0 saturated heterocycles. The van der Waals surface area contributed by atoms with E-state index in [0.717, 1.165) is 47.1 Å². The summed E-state index contributed by atoms with van der Waals surface area (Å²) in [5.41, 5.74) is 2.25. The molecule has 7 heteroatoms. The molecule has 0 saturated carbocycles. The Morgan fingerprint density at radius 2 is 1.68 bits per heavy atom. The number of thiocarbonyl (C=S) groups is 1. The highest BCUT2D eigenvalue weighted by atomic mass is 32.1. The zero-order valence-electron chi connectivity index (χ0n) is 16.2. The minimum Gasteiger partial charge on any atom is -0.490 e. The lowest BCUT2D eigenvalue weighted by molar-refractivity contribution is 0.174. The Morgan fingerprint density at radius 1 is 0.929 bits per heavy atom. The van der Waals surface area contributed by atoms with Gasteiger partial charge in [-0.3, -0.25) is 0 Å². The predicted octanol–water partition coefficient (Wildman–Crippen LogP) is 3.42. The fraction of sp³-hybridized carbons (Fsp3) is 0.381. The van der Waals surface area contributed by atoms with E-state index >= 15 is 0 Å². The number of benzene rings is 2. The maximum atomic E-state index is 5.67. The van der Waals surface area contributed by atoms with Crippen LogP contribution in [0.15, 0.2) is 36.4 Å². The summed E-state index contributed by atoms with van der Waals surface area (Å²) in [6.07, 6.45) is 0.832. The molecule has 0 fully saturated rings. The summed E-state index contributed by atoms with van der Waals surface area (Å²) in [5, 5.41) is 7.07. The second kappa shape index (κ2) is 10.0. The second-order valence-corrected chi connectivity index (χ2v) is 6.60. The normalized spacial score (nSPS) is 11.8. The molecule has 2 aromatic rings. The van der Waals surface area contributed by atoms with Gasteiger partial charge in [0.15, 0.2) is 28.1 Å². The van der Waals surface area contributed by atoms with Gasteiger partial charge in [0.25, 0.3) is 0 Å². The van der Waals surface area contributed by atoms with Crippen molar-refractivity contribution in [2.75, 3.05) is 26.6 Å². The lowest BCUT2D eigenvalue weighted by Gasteiger charge is -2.13. The minimum absolute atomic E-state index is 0.280. The molecular weight excluding hydrogens is 376 g/mol. The van der Waals surface area contributed by atoms with Gasteiger partial charge in [-0.1, -0.05) is 12.1 Å². The van der Waals surface area contributed by atoms with Crippen LogP contribution in [-0.2, 0) is 13.0 Å². The van der Waals surface area contributed by atoms with Gasteiger partial charge in [-0.25, -0.2) is 0 Å². The molecule has 150 valence electrons. The third kappa shape index (κ3) is 5.42. The Morgan fingerprint density at radius 3 is 2.50 bits per heavy atom. The van der Waals surface area contributed by atoms with Crippen LogP contribution >= 0.6 is 12.2 Å². The fourth-order valence-corrected chi connectivity index (χ4v) is 3.04. The number of hydrogen-bond acceptors (Lipinski definition) is 5. The largest absolute Gasteiger partial charge is 0.490 e. The van der Waals surface area contributed by atoms with Crippen LogP contribution in [0.5, 0.6) is 23.0 Å². The van der Waals surface area contributed by atoms with Crippen molar-refractivity contribution in [3.05, 3.63) is 47.5 Å². The lowest BCUT2D eigenvalue weighted by atomic mass is 10.1. The van der Waals surface area contributed by atoms with Crippen molar-refractivity contribution < 1.29 is 18.9 Å². The molecule has 0 aliphatic carbocycles. The Balaban J connectivity index is 1.44. The average molecular weight is 403 g/mol. The third-order valence-corrected chi connectivity index (χ3v) is 4.49. The van der Waals surface area contributed by atoms with Crippen molar-refractivity contribution in [1.82, 2.24) is 10.6 Å². The highest BCUT2D eigenvalue weighted by Crippen LogP contribution is 2.32. The van der Waals surface area contributed by atoms with Gasteiger partial charge in [0.2, 0.25) is 6.79 Å². The molecule has 1 heterocycles. The molecule has 3 rings (SSSR count). The third-order valence-electron chi connectivity index (χ3n) is 4.20. The van der Waals surface area contributed by atoms with Crippen molar-refractivity contribution in [2.24, 2.45) is 0 Å². The van der Waals surface area contributed by atoms with E-state index in [1.165, 1.54) is 0 Å². The quantitative estimate of drug-likeness (QED) is 0.623. The molecule has 28 heavy (non-hydrogen) atoms. The molecule has 6 nitrogen and oxygen atoms in total. The molecule has 0 amide bonds. The molecule has 1 aliphatic heterocycles. The summed E-state index contributed by atoms with van der Waals surface area (Å²) in [5.74, 6) is 3.12. The highest BCUT2D eigenvalue weighted by Gasteiger charge is 2.13. The average Bonchev–Trinajstić information content (AvgIpc) is 3.16. The van der Waals surface area contributed by atoms with E-state index in [4.69, 9.17) is 31.2 Å². The molecular formula is C21H26N2O4S. The molecule has 0 radical (unpaired) electrons. The molecule has 0 bridgehead atoms. The van der Waals surface area contributed by atoms with Crippen LogP contribution in [0.1, 0.15) is 25.0 Å². The second-order valence-electron chi connectivity index (χ2n) is 6.19. The van der Waals surface area contributed by atoms with Crippen molar-refractivity contribution in [1.29, 1.82) is 0 Å². The molecule has 0 atom stereocenters. The van der Waals surface area contributed by atoms with Crippen LogP contribution < -0.4 is 29.6 Å². The molecule has 2 N–H and O–H groups in total. The molecule has 0 unspecified atom stereocenters. The van der Waals surface area contributed by atoms with Crippen LogP contribution in [-0.4, -0.2) is 31.7 Å². The maximum absolute atomic E-state index is 5.67. The van der Waals surface area contributed by atoms with Crippen LogP contribution in [0.4, 0.5) is 0 Å². The van der Waals surface area contributed by atoms with Gasteiger partial charge in [-0.05, 0) is 67.9 Å². The molecule has 2 aromatic carbocycles. The van der Waals surface area contributed by atoms with E-state index < -0.39 is 0 Å². The van der Waals surface area contributed by atoms with E-state index in [9.17, 15) is 0 Å². The van der Waals surface area contributed by atoms with Crippen molar-refractivity contribution in [2.45, 2.75) is 26.8 Å². The summed E-state index contributed by atoms with van der Waals surface area (Å²) in [7, 11) is 0. The Hall–Kier alpha value is -2.67. The Bertz CT molecular complexity index is 813. The number of nitrogens with one attached hydrogen (secondary N) is 2. The van der Waals surface area contributed by atoms with Crippen LogP contribution in [0.2, 0.25) is 0 Å². The topological polar surface area (TPSA) is 61.0 Å². The van der Waals surface area contributed by atoms with Crippen molar-refractivity contribution in [3.63, 3.8) is 0 Å². The first-order valence-corrected chi connectivity index (χ1v) is 9.89. The number of hydrogen-bond donors (Lipinski definition) is 2. The summed E-state index contributed by atoms with van der Waals surface area (Å²) in [4.78, 5) is 0. The zero-order valence-corrected chi connectivity index (χ0v) is 17.1. The van der Waals surface area contributed by atoms with Gasteiger partial charge >= 0.3 is 0 Å². The van der Waals surface area contributed by atoms with Gasteiger partial charge in [0, 0.05) is 13.1 Å². The van der Waals surface area contributed by atoms with E-state index in [-0.39, 0.29) is 6.79 Å². The Kier molecular flexibility index (Phi) is 7.19. The van der Waals surface area contributed by atoms with Gasteiger partial charge < -0.3 is 29.6 Å². The first kappa shape index (κ1) is 20.1. The van der Waals surface area contributed by atoms with Crippen molar-refractivity contribution in [3.8, 4) is 23.0 Å². The number of rotatable bonds is 9. The van der Waals surface area contributed by atoms with E-state index in [1.807, 2.05) is 44.2 Å². The fourth-order valence-electron chi connectivity index (χ4n) is 2.87. The number of fused-ring (bicyclic) bond motifs is 1. The summed E-state index contributed by atoms with van der Waals surface area (Å²) < 4.78 is 22.0. The standard InChI is InChI=1S/C21H26N2O4S/c1-3-24-17-7-5-15(11-19(17)25-4-2)9-10-22-21(28)23-13-16-6-8-18-20(12-16)27-14-26-18/h5-8,11-12H,3-4,9-10,13-14H2,1-2H3,(H2,22,23,28). The van der Waals surface area contributed by atoms with Gasteiger partial charge in [0.1, 0.15) is 0 Å². The first-order chi connectivity index (χ1) is 13.7. The smallest absolute Gasteiger partial charge is 0.231 e. The summed E-state index contributed by atoms with van der Waals surface area (Å²) in [6, 6.07) is 11.9. The van der Waals surface area contributed by atoms with Crippen LogP contribution in [0.25, 0.3) is 0 Å². The zero-order chi connectivity index (χ0) is 19.8. The first-order valence-electron chi connectivity index (χ1n) is 9.48. The summed E-state index contributed by atoms with van der Waals surface area (Å²) in [6.45, 7) is 6.79.